The van der Waals surface area contributed by atoms with E-state index in [9.17, 15) is 0 Å². The maximum atomic E-state index is 5.85. The number of hydrogen-bond donors (Lipinski definition) is 3. The van der Waals surface area contributed by atoms with E-state index in [0.717, 1.165) is 22.8 Å². The second-order valence-electron chi connectivity index (χ2n) is 3.91. The minimum atomic E-state index is 0.136. The first-order chi connectivity index (χ1) is 7.66. The van der Waals surface area contributed by atoms with E-state index < -0.39 is 0 Å². The van der Waals surface area contributed by atoms with E-state index in [1.54, 1.807) is 6.20 Å². The molecular formula is C12H16N4. The Kier molecular flexibility index (Phi) is 2.81. The van der Waals surface area contributed by atoms with Gasteiger partial charge < -0.3 is 16.0 Å². The lowest BCUT2D eigenvalue weighted by atomic mass is 10.1. The standard InChI is InChI=1S/C12H16N4/c1-8-3-4-10(7-11(8)13)16-9(2)12-14-5-6-15-12/h3-7,9,16H,13H2,1-2H3,(H,14,15). The van der Waals surface area contributed by atoms with Gasteiger partial charge in [-0.05, 0) is 31.5 Å². The lowest BCUT2D eigenvalue weighted by Gasteiger charge is -2.13. The number of nitrogens with two attached hydrogens (primary N) is 1. The summed E-state index contributed by atoms with van der Waals surface area (Å²) in [4.78, 5) is 7.28. The molecule has 0 aliphatic heterocycles. The Morgan fingerprint density at radius 3 is 2.88 bits per heavy atom. The molecule has 0 saturated carbocycles. The van der Waals surface area contributed by atoms with Gasteiger partial charge in [-0.2, -0.15) is 0 Å². The number of aromatic nitrogens is 2. The molecule has 16 heavy (non-hydrogen) atoms. The molecular weight excluding hydrogens is 200 g/mol. The maximum Gasteiger partial charge on any atom is 0.128 e. The molecule has 0 fully saturated rings. The minimum absolute atomic E-state index is 0.136. The molecule has 1 atom stereocenters. The van der Waals surface area contributed by atoms with Crippen molar-refractivity contribution in [1.29, 1.82) is 0 Å². The molecule has 1 heterocycles. The highest BCUT2D eigenvalue weighted by Gasteiger charge is 2.07. The van der Waals surface area contributed by atoms with Gasteiger partial charge in [-0.3, -0.25) is 0 Å². The first kappa shape index (κ1) is 10.5. The molecule has 1 unspecified atom stereocenters. The van der Waals surface area contributed by atoms with Crippen LogP contribution < -0.4 is 11.1 Å². The number of anilines is 2. The van der Waals surface area contributed by atoms with Crippen LogP contribution in [0.4, 0.5) is 11.4 Å². The largest absolute Gasteiger partial charge is 0.398 e. The second kappa shape index (κ2) is 4.26. The van der Waals surface area contributed by atoms with Gasteiger partial charge in [0.2, 0.25) is 0 Å². The van der Waals surface area contributed by atoms with Crippen molar-refractivity contribution in [2.75, 3.05) is 11.1 Å². The van der Waals surface area contributed by atoms with Crippen molar-refractivity contribution in [3.8, 4) is 0 Å². The molecule has 84 valence electrons. The minimum Gasteiger partial charge on any atom is -0.398 e. The SMILES string of the molecule is Cc1ccc(NC(C)c2ncc[nH]2)cc1N. The number of nitrogens with one attached hydrogen (secondary N) is 2. The molecule has 0 amide bonds. The molecule has 0 saturated heterocycles. The first-order valence-electron chi connectivity index (χ1n) is 5.29. The van der Waals surface area contributed by atoms with Crippen molar-refractivity contribution >= 4 is 11.4 Å². The lowest BCUT2D eigenvalue weighted by molar-refractivity contribution is 0.810. The Bertz CT molecular complexity index is 462. The van der Waals surface area contributed by atoms with Crippen LogP contribution in [0.25, 0.3) is 0 Å². The van der Waals surface area contributed by atoms with E-state index in [2.05, 4.69) is 22.2 Å². The van der Waals surface area contributed by atoms with Crippen LogP contribution in [0.1, 0.15) is 24.4 Å². The fourth-order valence-corrected chi connectivity index (χ4v) is 1.56. The van der Waals surface area contributed by atoms with Crippen molar-refractivity contribution in [2.24, 2.45) is 0 Å². The summed E-state index contributed by atoms with van der Waals surface area (Å²) in [7, 11) is 0. The fraction of sp³-hybridized carbons (Fsp3) is 0.250. The van der Waals surface area contributed by atoms with E-state index in [-0.39, 0.29) is 6.04 Å². The normalized spacial score (nSPS) is 12.4. The monoisotopic (exact) mass is 216 g/mol. The van der Waals surface area contributed by atoms with Crippen LogP contribution in [0.5, 0.6) is 0 Å². The van der Waals surface area contributed by atoms with Crippen molar-refractivity contribution < 1.29 is 0 Å². The third kappa shape index (κ3) is 2.16. The number of nitrogens with zero attached hydrogens (tertiary/aromatic N) is 1. The highest BCUT2D eigenvalue weighted by atomic mass is 15.0. The van der Waals surface area contributed by atoms with Crippen molar-refractivity contribution in [1.82, 2.24) is 9.97 Å². The number of nitrogen functional groups attached to an aromatic ring is 1. The predicted molar refractivity (Wildman–Crippen MR) is 66.2 cm³/mol. The van der Waals surface area contributed by atoms with Crippen molar-refractivity contribution in [3.05, 3.63) is 42.0 Å². The van der Waals surface area contributed by atoms with E-state index in [4.69, 9.17) is 5.73 Å². The number of benzene rings is 1. The molecule has 4 N–H and O–H groups in total. The van der Waals surface area contributed by atoms with Crippen molar-refractivity contribution in [3.63, 3.8) is 0 Å². The Balaban J connectivity index is 2.12. The molecule has 0 spiro atoms. The van der Waals surface area contributed by atoms with Crippen LogP contribution in [-0.2, 0) is 0 Å². The Morgan fingerprint density at radius 1 is 1.44 bits per heavy atom. The number of hydrogen-bond acceptors (Lipinski definition) is 3. The molecule has 0 bridgehead atoms. The first-order valence-corrected chi connectivity index (χ1v) is 5.29. The third-order valence-electron chi connectivity index (χ3n) is 2.59. The number of H-pyrrole nitrogens is 1. The maximum absolute atomic E-state index is 5.85. The van der Waals surface area contributed by atoms with Crippen LogP contribution in [0.15, 0.2) is 30.6 Å². The summed E-state index contributed by atoms with van der Waals surface area (Å²) in [6, 6.07) is 6.10. The van der Waals surface area contributed by atoms with Crippen LogP contribution in [-0.4, -0.2) is 9.97 Å². The van der Waals surface area contributed by atoms with Gasteiger partial charge in [0.1, 0.15) is 5.82 Å². The lowest BCUT2D eigenvalue weighted by Crippen LogP contribution is -2.08. The fourth-order valence-electron chi connectivity index (χ4n) is 1.56. The molecule has 2 aromatic rings. The summed E-state index contributed by atoms with van der Waals surface area (Å²) in [5.74, 6) is 0.916. The topological polar surface area (TPSA) is 66.7 Å². The Hall–Kier alpha value is -1.97. The number of aromatic amines is 1. The van der Waals surface area contributed by atoms with Gasteiger partial charge in [-0.15, -0.1) is 0 Å². The molecule has 0 aliphatic rings. The summed E-state index contributed by atoms with van der Waals surface area (Å²) in [6.07, 6.45) is 3.56. The second-order valence-corrected chi connectivity index (χ2v) is 3.91. The molecule has 0 aliphatic carbocycles. The molecule has 2 rings (SSSR count). The highest BCUT2D eigenvalue weighted by Crippen LogP contribution is 2.20. The predicted octanol–water partition coefficient (Wildman–Crippen LogP) is 2.47. The zero-order valence-corrected chi connectivity index (χ0v) is 9.49. The average Bonchev–Trinajstić information content (AvgIpc) is 2.77. The van der Waals surface area contributed by atoms with Crippen LogP contribution in [0, 0.1) is 6.92 Å². The molecule has 4 heteroatoms. The van der Waals surface area contributed by atoms with Crippen LogP contribution in [0.2, 0.25) is 0 Å². The summed E-state index contributed by atoms with van der Waals surface area (Å²) in [5, 5.41) is 3.34. The van der Waals surface area contributed by atoms with Gasteiger partial charge in [-0.25, -0.2) is 4.98 Å². The highest BCUT2D eigenvalue weighted by molar-refractivity contribution is 5.58. The summed E-state index contributed by atoms with van der Waals surface area (Å²) < 4.78 is 0. The molecule has 1 aromatic carbocycles. The Morgan fingerprint density at radius 2 is 2.25 bits per heavy atom. The summed E-state index contributed by atoms with van der Waals surface area (Å²) in [5.41, 5.74) is 8.75. The quantitative estimate of drug-likeness (QED) is 0.690. The van der Waals surface area contributed by atoms with E-state index in [1.165, 1.54) is 0 Å². The summed E-state index contributed by atoms with van der Waals surface area (Å²) in [6.45, 7) is 4.05. The molecule has 4 nitrogen and oxygen atoms in total. The van der Waals surface area contributed by atoms with Crippen LogP contribution in [0.3, 0.4) is 0 Å². The average molecular weight is 216 g/mol. The molecule has 1 aromatic heterocycles. The van der Waals surface area contributed by atoms with Crippen molar-refractivity contribution in [2.45, 2.75) is 19.9 Å². The van der Waals surface area contributed by atoms with Gasteiger partial charge in [0, 0.05) is 23.8 Å². The molecule has 0 radical (unpaired) electrons. The number of imidazole rings is 1. The van der Waals surface area contributed by atoms with Crippen LogP contribution >= 0.6 is 0 Å². The number of aryl methyl sites for hydroxylation is 1. The van der Waals surface area contributed by atoms with Gasteiger partial charge in [0.15, 0.2) is 0 Å². The van der Waals surface area contributed by atoms with Gasteiger partial charge in [0.05, 0.1) is 6.04 Å². The van der Waals surface area contributed by atoms with E-state index >= 15 is 0 Å². The zero-order chi connectivity index (χ0) is 11.5. The smallest absolute Gasteiger partial charge is 0.128 e. The van der Waals surface area contributed by atoms with Gasteiger partial charge in [-0.1, -0.05) is 6.07 Å². The summed E-state index contributed by atoms with van der Waals surface area (Å²) >= 11 is 0. The number of rotatable bonds is 3. The van der Waals surface area contributed by atoms with E-state index in [1.807, 2.05) is 31.3 Å². The van der Waals surface area contributed by atoms with Gasteiger partial charge in [0.25, 0.3) is 0 Å². The van der Waals surface area contributed by atoms with E-state index in [0.29, 0.717) is 0 Å². The Labute approximate surface area is 94.9 Å². The zero-order valence-electron chi connectivity index (χ0n) is 9.49. The van der Waals surface area contributed by atoms with Gasteiger partial charge >= 0.3 is 0 Å². The third-order valence-corrected chi connectivity index (χ3v) is 2.59.